The van der Waals surface area contributed by atoms with Gasteiger partial charge in [0.2, 0.25) is 0 Å². The van der Waals surface area contributed by atoms with Crippen LogP contribution in [-0.2, 0) is 0 Å². The van der Waals surface area contributed by atoms with Crippen molar-refractivity contribution in [1.82, 2.24) is 0 Å². The minimum atomic E-state index is 0.343. The zero-order chi connectivity index (χ0) is 7.82. The molecule has 0 aliphatic heterocycles. The van der Waals surface area contributed by atoms with Gasteiger partial charge in [0.05, 0.1) is 6.04 Å². The molecule has 1 unspecified atom stereocenters. The maximum atomic E-state index is 3.95. The van der Waals surface area contributed by atoms with Gasteiger partial charge in [0.1, 0.15) is 0 Å². The Bertz CT molecular complexity index is 116. The molecule has 0 saturated carbocycles. The molecule has 0 fully saturated rings. The maximum Gasteiger partial charge on any atom is 0.0529 e. The van der Waals surface area contributed by atoms with E-state index < -0.39 is 0 Å². The van der Waals surface area contributed by atoms with Gasteiger partial charge in [-0.15, -0.1) is 13.2 Å². The van der Waals surface area contributed by atoms with Gasteiger partial charge in [0.25, 0.3) is 0 Å². The van der Waals surface area contributed by atoms with E-state index in [1.54, 1.807) is 0 Å². The van der Waals surface area contributed by atoms with Gasteiger partial charge in [-0.25, -0.2) is 0 Å². The summed E-state index contributed by atoms with van der Waals surface area (Å²) in [6, 6.07) is 0.343. The first-order valence-electron chi connectivity index (χ1n) is 3.52. The fraction of sp³-hybridized carbons (Fsp3) is 0.444. The Kier molecular flexibility index (Phi) is 5.74. The third kappa shape index (κ3) is 4.07. The van der Waals surface area contributed by atoms with Crippen LogP contribution in [0.3, 0.4) is 0 Å². The summed E-state index contributed by atoms with van der Waals surface area (Å²) in [5.74, 6) is 0. The monoisotopic (exact) mass is 137 g/mol. The van der Waals surface area contributed by atoms with Gasteiger partial charge in [-0.1, -0.05) is 12.2 Å². The summed E-state index contributed by atoms with van der Waals surface area (Å²) < 4.78 is 0. The van der Waals surface area contributed by atoms with E-state index in [1.807, 2.05) is 12.2 Å². The molecule has 0 aromatic rings. The molecule has 0 heterocycles. The van der Waals surface area contributed by atoms with E-state index in [-0.39, 0.29) is 0 Å². The first-order chi connectivity index (χ1) is 4.85. The highest BCUT2D eigenvalue weighted by atomic mass is 14.7. The van der Waals surface area contributed by atoms with Crippen molar-refractivity contribution in [3.05, 3.63) is 25.3 Å². The van der Waals surface area contributed by atoms with Crippen LogP contribution >= 0.6 is 0 Å². The largest absolute Gasteiger partial charge is 0.297 e. The first-order valence-corrected chi connectivity index (χ1v) is 3.52. The SMILES string of the molecule is C=CCCC(CC=C)N=C. The Morgan fingerprint density at radius 3 is 2.40 bits per heavy atom. The predicted molar refractivity (Wildman–Crippen MR) is 47.6 cm³/mol. The van der Waals surface area contributed by atoms with Crippen LogP contribution in [0.2, 0.25) is 0 Å². The molecule has 0 radical (unpaired) electrons. The van der Waals surface area contributed by atoms with E-state index in [0.29, 0.717) is 6.04 Å². The molecule has 0 aliphatic rings. The Morgan fingerprint density at radius 1 is 1.30 bits per heavy atom. The molecule has 0 N–H and O–H groups in total. The van der Waals surface area contributed by atoms with E-state index in [2.05, 4.69) is 24.9 Å². The van der Waals surface area contributed by atoms with Crippen LogP contribution < -0.4 is 0 Å². The summed E-state index contributed by atoms with van der Waals surface area (Å²) in [4.78, 5) is 3.95. The number of hydrogen-bond acceptors (Lipinski definition) is 1. The van der Waals surface area contributed by atoms with E-state index in [4.69, 9.17) is 0 Å². The van der Waals surface area contributed by atoms with Crippen LogP contribution in [-0.4, -0.2) is 12.8 Å². The molecule has 10 heavy (non-hydrogen) atoms. The number of nitrogens with zero attached hydrogens (tertiary/aromatic N) is 1. The second kappa shape index (κ2) is 6.27. The average molecular weight is 137 g/mol. The number of allylic oxidation sites excluding steroid dienone is 1. The lowest BCUT2D eigenvalue weighted by molar-refractivity contribution is 0.636. The first kappa shape index (κ1) is 9.15. The molecule has 1 nitrogen and oxygen atoms in total. The summed E-state index contributed by atoms with van der Waals surface area (Å²) in [7, 11) is 0. The van der Waals surface area contributed by atoms with Gasteiger partial charge in [-0.05, 0) is 26.0 Å². The summed E-state index contributed by atoms with van der Waals surface area (Å²) in [5.41, 5.74) is 0. The zero-order valence-electron chi connectivity index (χ0n) is 6.42. The molecule has 0 aromatic carbocycles. The highest BCUT2D eigenvalue weighted by Crippen LogP contribution is 2.06. The third-order valence-electron chi connectivity index (χ3n) is 1.40. The van der Waals surface area contributed by atoms with E-state index >= 15 is 0 Å². The van der Waals surface area contributed by atoms with Crippen molar-refractivity contribution in [3.63, 3.8) is 0 Å². The molecular formula is C9H15N. The fourth-order valence-corrected chi connectivity index (χ4v) is 0.786. The van der Waals surface area contributed by atoms with Gasteiger partial charge in [-0.2, -0.15) is 0 Å². The van der Waals surface area contributed by atoms with Gasteiger partial charge in [0.15, 0.2) is 0 Å². The maximum absolute atomic E-state index is 3.95. The Labute approximate surface area is 63.2 Å². The van der Waals surface area contributed by atoms with Crippen molar-refractivity contribution < 1.29 is 0 Å². The lowest BCUT2D eigenvalue weighted by Crippen LogP contribution is -2.00. The lowest BCUT2D eigenvalue weighted by Gasteiger charge is -2.05. The Morgan fingerprint density at radius 2 is 2.00 bits per heavy atom. The molecule has 0 bridgehead atoms. The molecule has 0 aliphatic carbocycles. The molecular weight excluding hydrogens is 122 g/mol. The van der Waals surface area contributed by atoms with Crippen LogP contribution in [0.4, 0.5) is 0 Å². The van der Waals surface area contributed by atoms with Crippen molar-refractivity contribution >= 4 is 6.72 Å². The van der Waals surface area contributed by atoms with E-state index in [1.165, 1.54) is 0 Å². The van der Waals surface area contributed by atoms with Crippen molar-refractivity contribution in [3.8, 4) is 0 Å². The van der Waals surface area contributed by atoms with Gasteiger partial charge >= 0.3 is 0 Å². The van der Waals surface area contributed by atoms with E-state index in [0.717, 1.165) is 19.3 Å². The number of aliphatic imine (C=N–C) groups is 1. The minimum absolute atomic E-state index is 0.343. The Hall–Kier alpha value is -0.850. The van der Waals surface area contributed by atoms with E-state index in [9.17, 15) is 0 Å². The van der Waals surface area contributed by atoms with Crippen molar-refractivity contribution in [1.29, 1.82) is 0 Å². The molecule has 1 atom stereocenters. The predicted octanol–water partition coefficient (Wildman–Crippen LogP) is 2.60. The van der Waals surface area contributed by atoms with Crippen molar-refractivity contribution in [2.24, 2.45) is 4.99 Å². The number of hydrogen-bond donors (Lipinski definition) is 0. The van der Waals surface area contributed by atoms with Crippen molar-refractivity contribution in [2.75, 3.05) is 0 Å². The summed E-state index contributed by atoms with van der Waals surface area (Å²) >= 11 is 0. The number of rotatable bonds is 6. The smallest absolute Gasteiger partial charge is 0.0529 e. The standard InChI is InChI=1S/C9H15N/c1-4-6-8-9(10-3)7-5-2/h4-5,9H,1-3,6-8H2. The molecule has 0 rings (SSSR count). The molecule has 56 valence electrons. The highest BCUT2D eigenvalue weighted by Gasteiger charge is 1.99. The molecule has 0 amide bonds. The van der Waals surface area contributed by atoms with Crippen LogP contribution in [0.5, 0.6) is 0 Å². The third-order valence-corrected chi connectivity index (χ3v) is 1.40. The second-order valence-electron chi connectivity index (χ2n) is 2.23. The zero-order valence-corrected chi connectivity index (χ0v) is 6.42. The van der Waals surface area contributed by atoms with Gasteiger partial charge < -0.3 is 0 Å². The molecule has 1 heteroatoms. The molecule has 0 aromatic heterocycles. The van der Waals surface area contributed by atoms with Crippen LogP contribution in [0.25, 0.3) is 0 Å². The highest BCUT2D eigenvalue weighted by molar-refractivity contribution is 5.24. The lowest BCUT2D eigenvalue weighted by atomic mass is 10.1. The summed E-state index contributed by atoms with van der Waals surface area (Å²) in [6.07, 6.45) is 6.76. The average Bonchev–Trinajstić information content (AvgIpc) is 1.98. The summed E-state index contributed by atoms with van der Waals surface area (Å²) in [6.45, 7) is 10.8. The topological polar surface area (TPSA) is 12.4 Å². The molecule has 0 saturated heterocycles. The Balaban J connectivity index is 3.47. The van der Waals surface area contributed by atoms with Gasteiger partial charge in [-0.3, -0.25) is 4.99 Å². The van der Waals surface area contributed by atoms with Crippen molar-refractivity contribution in [2.45, 2.75) is 25.3 Å². The fourth-order valence-electron chi connectivity index (χ4n) is 0.786. The normalized spacial score (nSPS) is 12.0. The minimum Gasteiger partial charge on any atom is -0.297 e. The van der Waals surface area contributed by atoms with Crippen LogP contribution in [0.15, 0.2) is 30.3 Å². The summed E-state index contributed by atoms with van der Waals surface area (Å²) in [5, 5.41) is 0. The molecule has 0 spiro atoms. The van der Waals surface area contributed by atoms with Crippen LogP contribution in [0.1, 0.15) is 19.3 Å². The quantitative estimate of drug-likeness (QED) is 0.394. The van der Waals surface area contributed by atoms with Crippen LogP contribution in [0, 0.1) is 0 Å². The van der Waals surface area contributed by atoms with Gasteiger partial charge in [0, 0.05) is 0 Å². The second-order valence-corrected chi connectivity index (χ2v) is 2.23.